The lowest BCUT2D eigenvalue weighted by molar-refractivity contribution is -0.140. The number of carbonyl (C=O) groups is 3. The number of rotatable bonds is 9. The smallest absolute Gasteiger partial charge is 0.326 e. The molecule has 1 heterocycles. The fourth-order valence-corrected chi connectivity index (χ4v) is 2.54. The number of nitrogens with one attached hydrogen (secondary N) is 3. The number of aromatic amines is 2. The highest BCUT2D eigenvalue weighted by Gasteiger charge is 2.21. The first kappa shape index (κ1) is 21.4. The zero-order valence-corrected chi connectivity index (χ0v) is 15.5. The van der Waals surface area contributed by atoms with Crippen LogP contribution in [0.3, 0.4) is 0 Å². The van der Waals surface area contributed by atoms with E-state index in [1.54, 1.807) is 24.1 Å². The summed E-state index contributed by atoms with van der Waals surface area (Å²) in [6.45, 7) is 0.202. The molecule has 2 aromatic rings. The van der Waals surface area contributed by atoms with Gasteiger partial charge in [-0.2, -0.15) is 0 Å². The highest BCUT2D eigenvalue weighted by Crippen LogP contribution is 2.15. The van der Waals surface area contributed by atoms with Gasteiger partial charge >= 0.3 is 17.6 Å². The van der Waals surface area contributed by atoms with Gasteiger partial charge in [-0.15, -0.1) is 0 Å². The molecule has 0 bridgehead atoms. The molecule has 1 atom stereocenters. The minimum absolute atomic E-state index is 0.200. The molecular weight excluding hydrogens is 384 g/mol. The summed E-state index contributed by atoms with van der Waals surface area (Å²) in [6.07, 6.45) is 0.707. The number of hydrogen-bond acceptors (Lipinski definition) is 6. The van der Waals surface area contributed by atoms with E-state index in [0.717, 1.165) is 0 Å². The topological polar surface area (TPSA) is 173 Å². The van der Waals surface area contributed by atoms with Crippen molar-refractivity contribution in [2.75, 3.05) is 11.9 Å². The Morgan fingerprint density at radius 2 is 1.79 bits per heavy atom. The van der Waals surface area contributed by atoms with Crippen molar-refractivity contribution in [3.63, 3.8) is 0 Å². The van der Waals surface area contributed by atoms with Crippen LogP contribution in [0.1, 0.15) is 28.8 Å². The first-order valence-corrected chi connectivity index (χ1v) is 8.55. The van der Waals surface area contributed by atoms with Gasteiger partial charge in [-0.1, -0.05) is 0 Å². The van der Waals surface area contributed by atoms with Crippen LogP contribution in [0.15, 0.2) is 40.1 Å². The average Bonchev–Trinajstić information content (AvgIpc) is 2.66. The van der Waals surface area contributed by atoms with E-state index < -0.39 is 35.1 Å². The lowest BCUT2D eigenvalue weighted by Gasteiger charge is -2.19. The molecule has 11 nitrogen and oxygen atoms in total. The van der Waals surface area contributed by atoms with Gasteiger partial charge < -0.3 is 25.4 Å². The van der Waals surface area contributed by atoms with Crippen LogP contribution >= 0.6 is 0 Å². The standard InChI is InChI=1S/C18H20N4O7/c1-22(9-11-8-19-18(29)21-16(11)26)12-4-2-10(3-5-12)15(25)20-13(17(27)28)6-7-14(23)24/h2-5,8,13H,6-7,9H2,1H3,(H,20,25)(H,23,24)(H,27,28)(H2,19,21,26,29)/t13-/m0/s1. The molecule has 0 fully saturated rings. The monoisotopic (exact) mass is 404 g/mol. The molecule has 11 heteroatoms. The number of aromatic nitrogens is 2. The number of hydrogen-bond donors (Lipinski definition) is 5. The molecule has 0 saturated heterocycles. The molecule has 0 saturated carbocycles. The SMILES string of the molecule is CN(Cc1c[nH]c(=O)[nH]c1=O)c1ccc(C(=O)N[C@@H](CCC(=O)O)C(=O)O)cc1. The van der Waals surface area contributed by atoms with Crippen molar-refractivity contribution in [1.82, 2.24) is 15.3 Å². The van der Waals surface area contributed by atoms with Crippen LogP contribution in [0.2, 0.25) is 0 Å². The number of anilines is 1. The predicted octanol–water partition coefficient (Wildman–Crippen LogP) is -0.253. The Hall–Kier alpha value is -3.89. The third-order valence-corrected chi connectivity index (χ3v) is 4.12. The highest BCUT2D eigenvalue weighted by molar-refractivity contribution is 5.96. The Morgan fingerprint density at radius 3 is 2.34 bits per heavy atom. The van der Waals surface area contributed by atoms with E-state index in [1.807, 2.05) is 0 Å². The number of nitrogens with zero attached hydrogens (tertiary/aromatic N) is 1. The summed E-state index contributed by atoms with van der Waals surface area (Å²) in [5.74, 6) is -3.12. The summed E-state index contributed by atoms with van der Waals surface area (Å²) in [7, 11) is 1.71. The summed E-state index contributed by atoms with van der Waals surface area (Å²) < 4.78 is 0. The van der Waals surface area contributed by atoms with Gasteiger partial charge in [0.2, 0.25) is 0 Å². The van der Waals surface area contributed by atoms with Crippen molar-refractivity contribution in [2.45, 2.75) is 25.4 Å². The van der Waals surface area contributed by atoms with Crippen molar-refractivity contribution >= 4 is 23.5 Å². The van der Waals surface area contributed by atoms with Gasteiger partial charge in [0.15, 0.2) is 0 Å². The van der Waals surface area contributed by atoms with Crippen LogP contribution in [0, 0.1) is 0 Å². The summed E-state index contributed by atoms with van der Waals surface area (Å²) in [6, 6.07) is 4.87. The maximum Gasteiger partial charge on any atom is 0.326 e. The van der Waals surface area contributed by atoms with Crippen LogP contribution in [0.5, 0.6) is 0 Å². The first-order chi connectivity index (χ1) is 13.7. The van der Waals surface area contributed by atoms with Crippen molar-refractivity contribution in [2.24, 2.45) is 0 Å². The van der Waals surface area contributed by atoms with E-state index in [0.29, 0.717) is 11.3 Å². The van der Waals surface area contributed by atoms with Crippen molar-refractivity contribution in [1.29, 1.82) is 0 Å². The average molecular weight is 404 g/mol. The van der Waals surface area contributed by atoms with E-state index in [1.165, 1.54) is 18.3 Å². The molecule has 0 spiro atoms. The number of H-pyrrole nitrogens is 2. The van der Waals surface area contributed by atoms with Crippen LogP contribution in [-0.2, 0) is 16.1 Å². The largest absolute Gasteiger partial charge is 0.481 e. The summed E-state index contributed by atoms with van der Waals surface area (Å²) in [5, 5.41) is 20.1. The van der Waals surface area contributed by atoms with Crippen molar-refractivity contribution in [3.8, 4) is 0 Å². The van der Waals surface area contributed by atoms with E-state index in [4.69, 9.17) is 10.2 Å². The van der Waals surface area contributed by atoms with Gasteiger partial charge in [0.25, 0.3) is 11.5 Å². The molecule has 0 radical (unpaired) electrons. The van der Waals surface area contributed by atoms with E-state index in [-0.39, 0.29) is 24.9 Å². The quantitative estimate of drug-likeness (QED) is 0.380. The van der Waals surface area contributed by atoms with Crippen molar-refractivity contribution in [3.05, 3.63) is 62.4 Å². The fraction of sp³-hybridized carbons (Fsp3) is 0.278. The van der Waals surface area contributed by atoms with Gasteiger partial charge in [0.05, 0.1) is 5.56 Å². The lowest BCUT2D eigenvalue weighted by atomic mass is 10.1. The Kier molecular flexibility index (Phi) is 6.90. The number of carboxylic acid groups (broad SMARTS) is 2. The maximum atomic E-state index is 12.2. The molecule has 29 heavy (non-hydrogen) atoms. The zero-order valence-electron chi connectivity index (χ0n) is 15.5. The number of benzene rings is 1. The first-order valence-electron chi connectivity index (χ1n) is 8.55. The Labute approximate surface area is 164 Å². The lowest BCUT2D eigenvalue weighted by Crippen LogP contribution is -2.41. The Bertz CT molecular complexity index is 1010. The number of amides is 1. The van der Waals surface area contributed by atoms with Gasteiger partial charge in [0.1, 0.15) is 6.04 Å². The number of carbonyl (C=O) groups excluding carboxylic acids is 1. The minimum atomic E-state index is -1.32. The molecule has 0 unspecified atom stereocenters. The molecule has 0 aliphatic heterocycles. The Balaban J connectivity index is 2.05. The predicted molar refractivity (Wildman–Crippen MR) is 102 cm³/mol. The molecule has 1 amide bonds. The second-order valence-corrected chi connectivity index (χ2v) is 6.30. The van der Waals surface area contributed by atoms with Crippen LogP contribution in [0.25, 0.3) is 0 Å². The second kappa shape index (κ2) is 9.35. The third kappa shape index (κ3) is 6.06. The Morgan fingerprint density at radius 1 is 1.14 bits per heavy atom. The van der Waals surface area contributed by atoms with E-state index >= 15 is 0 Å². The molecule has 154 valence electrons. The van der Waals surface area contributed by atoms with Gasteiger partial charge in [-0.25, -0.2) is 9.59 Å². The van der Waals surface area contributed by atoms with Gasteiger partial charge in [-0.05, 0) is 30.7 Å². The van der Waals surface area contributed by atoms with E-state index in [2.05, 4.69) is 15.3 Å². The number of carboxylic acids is 2. The normalized spacial score (nSPS) is 11.5. The molecule has 0 aliphatic carbocycles. The zero-order chi connectivity index (χ0) is 21.6. The van der Waals surface area contributed by atoms with Gasteiger partial charge in [0, 0.05) is 37.5 Å². The molecular formula is C18H20N4O7. The fourth-order valence-electron chi connectivity index (χ4n) is 2.54. The molecule has 5 N–H and O–H groups in total. The third-order valence-electron chi connectivity index (χ3n) is 4.12. The van der Waals surface area contributed by atoms with Crippen LogP contribution in [0.4, 0.5) is 5.69 Å². The minimum Gasteiger partial charge on any atom is -0.481 e. The maximum absolute atomic E-state index is 12.2. The summed E-state index contributed by atoms with van der Waals surface area (Å²) in [4.78, 5) is 63.1. The summed E-state index contributed by atoms with van der Waals surface area (Å²) in [5.41, 5.74) is 0.118. The number of aliphatic carboxylic acids is 2. The van der Waals surface area contributed by atoms with Crippen LogP contribution in [-0.4, -0.2) is 51.1 Å². The highest BCUT2D eigenvalue weighted by atomic mass is 16.4. The van der Waals surface area contributed by atoms with Crippen LogP contribution < -0.4 is 21.5 Å². The molecule has 2 rings (SSSR count). The molecule has 1 aromatic heterocycles. The molecule has 0 aliphatic rings. The van der Waals surface area contributed by atoms with Crippen molar-refractivity contribution < 1.29 is 24.6 Å². The van der Waals surface area contributed by atoms with E-state index in [9.17, 15) is 24.0 Å². The summed E-state index contributed by atoms with van der Waals surface area (Å²) >= 11 is 0. The molecule has 1 aromatic carbocycles. The second-order valence-electron chi connectivity index (χ2n) is 6.30. The van der Waals surface area contributed by atoms with Gasteiger partial charge in [-0.3, -0.25) is 19.4 Å².